The van der Waals surface area contributed by atoms with Crippen LogP contribution in [0.5, 0.6) is 5.75 Å². The highest BCUT2D eigenvalue weighted by atomic mass is 35.5. The Kier molecular flexibility index (Phi) is 5.29. The van der Waals surface area contributed by atoms with Crippen LogP contribution in [0.15, 0.2) is 48.5 Å². The number of hydrogen-bond donors (Lipinski definition) is 1. The Hall–Kier alpha value is -2.33. The number of carboxylic acids is 1. The molecule has 0 saturated heterocycles. The van der Waals surface area contributed by atoms with E-state index in [0.29, 0.717) is 5.56 Å². The van der Waals surface area contributed by atoms with Crippen LogP contribution in [-0.4, -0.2) is 17.0 Å². The lowest BCUT2D eigenvalue weighted by Crippen LogP contribution is -2.04. The second-order valence-electron chi connectivity index (χ2n) is 3.97. The van der Waals surface area contributed by atoms with Gasteiger partial charge >= 0.3 is 11.9 Å². The van der Waals surface area contributed by atoms with Crippen molar-refractivity contribution in [3.63, 3.8) is 0 Å². The number of benzene rings is 2. The minimum absolute atomic E-state index is 0. The summed E-state index contributed by atoms with van der Waals surface area (Å²) in [6, 6.07) is 13.7. The lowest BCUT2D eigenvalue weighted by molar-refractivity contribution is -0.131. The van der Waals surface area contributed by atoms with Crippen molar-refractivity contribution in [1.82, 2.24) is 0 Å². The molecule has 0 fully saturated rings. The molecule has 0 aliphatic carbocycles. The average molecular weight is 293 g/mol. The van der Waals surface area contributed by atoms with Gasteiger partial charge in [0, 0.05) is 6.92 Å². The zero-order valence-corrected chi connectivity index (χ0v) is 11.5. The molecule has 0 aliphatic heterocycles. The molecule has 1 N–H and O–H groups in total. The monoisotopic (exact) mass is 292 g/mol. The molecule has 0 spiro atoms. The predicted octanol–water partition coefficient (Wildman–Crippen LogP) is 3.40. The van der Waals surface area contributed by atoms with E-state index in [4.69, 9.17) is 4.74 Å². The smallest absolute Gasteiger partial charge is 0.336 e. The summed E-state index contributed by atoms with van der Waals surface area (Å²) >= 11 is 0. The van der Waals surface area contributed by atoms with Crippen LogP contribution in [0.1, 0.15) is 17.3 Å². The van der Waals surface area contributed by atoms with Gasteiger partial charge < -0.3 is 9.84 Å². The van der Waals surface area contributed by atoms with Gasteiger partial charge in [0.2, 0.25) is 0 Å². The summed E-state index contributed by atoms with van der Waals surface area (Å²) in [4.78, 5) is 22.2. The number of carbonyl (C=O) groups excluding carboxylic acids is 1. The fraction of sp³-hybridized carbons (Fsp3) is 0.0667. The number of ether oxygens (including phenoxy) is 1. The highest BCUT2D eigenvalue weighted by molar-refractivity contribution is 5.96. The minimum Gasteiger partial charge on any atom is -0.478 e. The average Bonchev–Trinajstić information content (AvgIpc) is 2.39. The molecule has 5 heteroatoms. The van der Waals surface area contributed by atoms with Crippen molar-refractivity contribution < 1.29 is 19.4 Å². The van der Waals surface area contributed by atoms with Crippen LogP contribution in [0.25, 0.3) is 11.1 Å². The third kappa shape index (κ3) is 3.59. The van der Waals surface area contributed by atoms with E-state index in [0.717, 1.165) is 5.56 Å². The van der Waals surface area contributed by atoms with Crippen molar-refractivity contribution in [2.24, 2.45) is 0 Å². The first-order valence-corrected chi connectivity index (χ1v) is 5.69. The predicted molar refractivity (Wildman–Crippen MR) is 77.4 cm³/mol. The van der Waals surface area contributed by atoms with Crippen LogP contribution in [0.3, 0.4) is 0 Å². The van der Waals surface area contributed by atoms with Gasteiger partial charge in [-0.1, -0.05) is 30.3 Å². The van der Waals surface area contributed by atoms with E-state index < -0.39 is 11.9 Å². The molecule has 0 bridgehead atoms. The molecule has 0 atom stereocenters. The lowest BCUT2D eigenvalue weighted by atomic mass is 9.99. The summed E-state index contributed by atoms with van der Waals surface area (Å²) in [6.45, 7) is 1.27. The summed E-state index contributed by atoms with van der Waals surface area (Å²) in [5, 5.41) is 9.25. The maximum atomic E-state index is 11.3. The molecule has 0 heterocycles. The van der Waals surface area contributed by atoms with Crippen molar-refractivity contribution in [3.8, 4) is 16.9 Å². The number of aromatic carboxylic acids is 1. The van der Waals surface area contributed by atoms with E-state index in [-0.39, 0.29) is 23.7 Å². The first-order valence-electron chi connectivity index (χ1n) is 5.69. The first kappa shape index (κ1) is 15.7. The quantitative estimate of drug-likeness (QED) is 0.695. The van der Waals surface area contributed by atoms with E-state index in [1.807, 2.05) is 30.3 Å². The second kappa shape index (κ2) is 6.73. The van der Waals surface area contributed by atoms with E-state index in [1.165, 1.54) is 13.0 Å². The molecule has 0 saturated carbocycles. The van der Waals surface area contributed by atoms with Gasteiger partial charge in [-0.25, -0.2) is 4.79 Å². The Bertz CT molecular complexity index is 623. The van der Waals surface area contributed by atoms with E-state index >= 15 is 0 Å². The molecule has 2 aromatic rings. The molecule has 104 valence electrons. The molecule has 4 nitrogen and oxygen atoms in total. The number of carbonyl (C=O) groups is 2. The first-order chi connectivity index (χ1) is 9.08. The molecule has 2 aromatic carbocycles. The summed E-state index contributed by atoms with van der Waals surface area (Å²) in [6.07, 6.45) is 0. The molecular weight excluding hydrogens is 280 g/mol. The van der Waals surface area contributed by atoms with Crippen molar-refractivity contribution >= 4 is 24.3 Å². The molecule has 2 rings (SSSR count). The lowest BCUT2D eigenvalue weighted by Gasteiger charge is -2.08. The molecule has 20 heavy (non-hydrogen) atoms. The van der Waals surface area contributed by atoms with Crippen molar-refractivity contribution in [2.45, 2.75) is 6.92 Å². The third-order valence-corrected chi connectivity index (χ3v) is 2.57. The van der Waals surface area contributed by atoms with Gasteiger partial charge in [-0.15, -0.1) is 12.4 Å². The van der Waals surface area contributed by atoms with Gasteiger partial charge in [-0.3, -0.25) is 4.79 Å². The summed E-state index contributed by atoms with van der Waals surface area (Å²) in [5.41, 5.74) is 1.49. The van der Waals surface area contributed by atoms with Gasteiger partial charge in [0.15, 0.2) is 0 Å². The number of halogens is 1. The number of carboxylic acid groups (broad SMARTS) is 1. The fourth-order valence-electron chi connectivity index (χ4n) is 1.80. The van der Waals surface area contributed by atoms with Crippen LogP contribution < -0.4 is 4.74 Å². The number of esters is 1. The fourth-order valence-corrected chi connectivity index (χ4v) is 1.80. The Labute approximate surface area is 122 Å². The van der Waals surface area contributed by atoms with Crippen LogP contribution >= 0.6 is 12.4 Å². The second-order valence-corrected chi connectivity index (χ2v) is 3.97. The zero-order chi connectivity index (χ0) is 13.8. The minimum atomic E-state index is -1.06. The molecule has 0 unspecified atom stereocenters. The van der Waals surface area contributed by atoms with Crippen molar-refractivity contribution in [3.05, 3.63) is 54.1 Å². The van der Waals surface area contributed by atoms with Crippen molar-refractivity contribution in [2.75, 3.05) is 0 Å². The summed E-state index contributed by atoms with van der Waals surface area (Å²) in [7, 11) is 0. The van der Waals surface area contributed by atoms with E-state index in [9.17, 15) is 14.7 Å². The highest BCUT2D eigenvalue weighted by Gasteiger charge is 2.13. The topological polar surface area (TPSA) is 63.6 Å². The number of hydrogen-bond acceptors (Lipinski definition) is 3. The van der Waals surface area contributed by atoms with Gasteiger partial charge in [0.05, 0.1) is 5.56 Å². The molecule has 0 aromatic heterocycles. The largest absolute Gasteiger partial charge is 0.478 e. The van der Waals surface area contributed by atoms with Gasteiger partial charge in [0.1, 0.15) is 5.75 Å². The Morgan fingerprint density at radius 2 is 1.70 bits per heavy atom. The number of rotatable bonds is 3. The molecule has 0 amide bonds. The maximum absolute atomic E-state index is 11.3. The third-order valence-electron chi connectivity index (χ3n) is 2.57. The van der Waals surface area contributed by atoms with Crippen LogP contribution in [0, 0.1) is 0 Å². The van der Waals surface area contributed by atoms with E-state index in [2.05, 4.69) is 0 Å². The van der Waals surface area contributed by atoms with Gasteiger partial charge in [0.25, 0.3) is 0 Å². The Morgan fingerprint density at radius 1 is 1.05 bits per heavy atom. The Morgan fingerprint density at radius 3 is 2.25 bits per heavy atom. The SMILES string of the molecule is CC(=O)Oc1ccc(-c2ccccc2)c(C(=O)O)c1.Cl. The standard InChI is InChI=1S/C15H12O4.ClH/c1-10(16)19-12-7-8-13(14(9-12)15(17)18)11-5-3-2-4-6-11;/h2-9H,1H3,(H,17,18);1H. The molecule has 0 radical (unpaired) electrons. The van der Waals surface area contributed by atoms with Crippen LogP contribution in [0.2, 0.25) is 0 Å². The van der Waals surface area contributed by atoms with Crippen LogP contribution in [0.4, 0.5) is 0 Å². The van der Waals surface area contributed by atoms with Gasteiger partial charge in [-0.2, -0.15) is 0 Å². The highest BCUT2D eigenvalue weighted by Crippen LogP contribution is 2.27. The zero-order valence-electron chi connectivity index (χ0n) is 10.7. The summed E-state index contributed by atoms with van der Waals surface area (Å²) in [5.74, 6) is -1.32. The van der Waals surface area contributed by atoms with Gasteiger partial charge in [-0.05, 0) is 29.3 Å². The Balaban J connectivity index is 0.00000200. The van der Waals surface area contributed by atoms with Crippen molar-refractivity contribution in [1.29, 1.82) is 0 Å². The van der Waals surface area contributed by atoms with Crippen LogP contribution in [-0.2, 0) is 4.79 Å². The summed E-state index contributed by atoms with van der Waals surface area (Å²) < 4.78 is 4.89. The normalized spacial score (nSPS) is 9.45. The maximum Gasteiger partial charge on any atom is 0.336 e. The molecular formula is C15H13ClO4. The molecule has 0 aliphatic rings. The van der Waals surface area contributed by atoms with E-state index in [1.54, 1.807) is 12.1 Å².